The molecular weight excluding hydrogens is 246 g/mol. The first-order chi connectivity index (χ1) is 9.88. The van der Waals surface area contributed by atoms with E-state index >= 15 is 0 Å². The van der Waals surface area contributed by atoms with E-state index in [4.69, 9.17) is 4.74 Å². The Balaban J connectivity index is 1.98. The molecule has 0 fully saturated rings. The number of hydrogen-bond donors (Lipinski definition) is 1. The van der Waals surface area contributed by atoms with E-state index in [1.807, 2.05) is 0 Å². The molecule has 20 heavy (non-hydrogen) atoms. The molecule has 1 rings (SSSR count). The average Bonchev–Trinajstić information content (AvgIpc) is 2.98. The molecule has 0 spiro atoms. The molecule has 0 aromatic carbocycles. The second-order valence-corrected chi connectivity index (χ2v) is 5.97. The maximum Gasteiger partial charge on any atom is 0.109 e. The minimum absolute atomic E-state index is 0.465. The Morgan fingerprint density at radius 1 is 1.00 bits per heavy atom. The molecule has 0 aromatic heterocycles. The maximum absolute atomic E-state index is 5.70. The fourth-order valence-electron chi connectivity index (χ4n) is 2.93. The third-order valence-electron chi connectivity index (χ3n) is 4.12. The lowest BCUT2D eigenvalue weighted by atomic mass is 10.0. The molecule has 2 heteroatoms. The summed E-state index contributed by atoms with van der Waals surface area (Å²) < 4.78 is 5.70. The van der Waals surface area contributed by atoms with E-state index in [9.17, 15) is 0 Å². The van der Waals surface area contributed by atoms with Crippen LogP contribution < -0.4 is 5.32 Å². The van der Waals surface area contributed by atoms with E-state index in [1.54, 1.807) is 0 Å². The van der Waals surface area contributed by atoms with Crippen molar-refractivity contribution < 1.29 is 4.74 Å². The van der Waals surface area contributed by atoms with Gasteiger partial charge in [-0.3, -0.25) is 0 Å². The molecule has 0 saturated heterocycles. The molecule has 0 saturated carbocycles. The number of ether oxygens (including phenoxy) is 1. The molecule has 1 N–H and O–H groups in total. The SMILES string of the molecule is CCCCCCCCCCCC(NCC)C1=CCCO1. The van der Waals surface area contributed by atoms with Crippen molar-refractivity contribution in [2.75, 3.05) is 13.2 Å². The summed E-state index contributed by atoms with van der Waals surface area (Å²) in [5.41, 5.74) is 0. The van der Waals surface area contributed by atoms with Gasteiger partial charge in [0.1, 0.15) is 5.76 Å². The van der Waals surface area contributed by atoms with E-state index in [0.29, 0.717) is 6.04 Å². The molecule has 1 unspecified atom stereocenters. The van der Waals surface area contributed by atoms with Gasteiger partial charge in [-0.05, 0) is 19.0 Å². The Hall–Kier alpha value is -0.500. The first-order valence-electron chi connectivity index (χ1n) is 8.94. The standard InChI is InChI=1S/C18H35NO/c1-3-5-6-7-8-9-10-11-12-14-17(19-4-2)18-15-13-16-20-18/h15,17,19H,3-14,16H2,1-2H3. The van der Waals surface area contributed by atoms with Crippen molar-refractivity contribution >= 4 is 0 Å². The van der Waals surface area contributed by atoms with Gasteiger partial charge in [0.05, 0.1) is 12.6 Å². The number of unbranched alkanes of at least 4 members (excludes halogenated alkanes) is 8. The summed E-state index contributed by atoms with van der Waals surface area (Å²) in [7, 11) is 0. The van der Waals surface area contributed by atoms with Crippen LogP contribution in [0, 0.1) is 0 Å². The summed E-state index contributed by atoms with van der Waals surface area (Å²) in [6.07, 6.45) is 17.2. The number of likely N-dealkylation sites (N-methyl/N-ethyl adjacent to an activating group) is 1. The normalized spacial score (nSPS) is 16.0. The molecule has 2 nitrogen and oxygen atoms in total. The zero-order chi connectivity index (χ0) is 14.5. The quantitative estimate of drug-likeness (QED) is 0.469. The van der Waals surface area contributed by atoms with Crippen molar-refractivity contribution in [2.24, 2.45) is 0 Å². The summed E-state index contributed by atoms with van der Waals surface area (Å²) in [5, 5.41) is 3.56. The van der Waals surface area contributed by atoms with Gasteiger partial charge >= 0.3 is 0 Å². The number of nitrogens with one attached hydrogen (secondary N) is 1. The van der Waals surface area contributed by atoms with Gasteiger partial charge in [0, 0.05) is 6.42 Å². The first-order valence-corrected chi connectivity index (χ1v) is 8.94. The molecule has 0 amide bonds. The summed E-state index contributed by atoms with van der Waals surface area (Å²) >= 11 is 0. The third-order valence-corrected chi connectivity index (χ3v) is 4.12. The smallest absolute Gasteiger partial charge is 0.109 e. The highest BCUT2D eigenvalue weighted by molar-refractivity contribution is 5.06. The van der Waals surface area contributed by atoms with Crippen LogP contribution in [0.15, 0.2) is 11.8 Å². The van der Waals surface area contributed by atoms with Crippen LogP contribution in [0.5, 0.6) is 0 Å². The Morgan fingerprint density at radius 3 is 2.20 bits per heavy atom. The van der Waals surface area contributed by atoms with Crippen molar-refractivity contribution in [3.63, 3.8) is 0 Å². The second-order valence-electron chi connectivity index (χ2n) is 5.97. The van der Waals surface area contributed by atoms with Crippen LogP contribution in [-0.2, 0) is 4.74 Å². The fraction of sp³-hybridized carbons (Fsp3) is 0.889. The first kappa shape index (κ1) is 17.6. The summed E-state index contributed by atoms with van der Waals surface area (Å²) in [6.45, 7) is 6.38. The fourth-order valence-corrected chi connectivity index (χ4v) is 2.93. The number of hydrogen-bond acceptors (Lipinski definition) is 2. The maximum atomic E-state index is 5.70. The van der Waals surface area contributed by atoms with Crippen LogP contribution >= 0.6 is 0 Å². The van der Waals surface area contributed by atoms with Crippen molar-refractivity contribution in [1.29, 1.82) is 0 Å². The van der Waals surface area contributed by atoms with Crippen molar-refractivity contribution in [1.82, 2.24) is 5.32 Å². The van der Waals surface area contributed by atoms with Gasteiger partial charge in [0.2, 0.25) is 0 Å². The molecule has 1 atom stereocenters. The molecule has 118 valence electrons. The highest BCUT2D eigenvalue weighted by Gasteiger charge is 2.17. The molecule has 0 aliphatic carbocycles. The number of rotatable bonds is 13. The van der Waals surface area contributed by atoms with Gasteiger partial charge < -0.3 is 10.1 Å². The minimum atomic E-state index is 0.465. The largest absolute Gasteiger partial charge is 0.496 e. The highest BCUT2D eigenvalue weighted by atomic mass is 16.5. The van der Waals surface area contributed by atoms with E-state index < -0.39 is 0 Å². The lowest BCUT2D eigenvalue weighted by Crippen LogP contribution is -2.31. The van der Waals surface area contributed by atoms with Crippen LogP contribution in [0.4, 0.5) is 0 Å². The van der Waals surface area contributed by atoms with Gasteiger partial charge in [-0.15, -0.1) is 0 Å². The highest BCUT2D eigenvalue weighted by Crippen LogP contribution is 2.19. The molecule has 0 bridgehead atoms. The second kappa shape index (κ2) is 12.3. The summed E-state index contributed by atoms with van der Waals surface area (Å²) in [4.78, 5) is 0. The molecule has 0 radical (unpaired) electrons. The van der Waals surface area contributed by atoms with Crippen LogP contribution in [0.1, 0.15) is 84.5 Å². The molecule has 1 aliphatic heterocycles. The van der Waals surface area contributed by atoms with Gasteiger partial charge in [0.15, 0.2) is 0 Å². The van der Waals surface area contributed by atoms with Gasteiger partial charge in [-0.2, -0.15) is 0 Å². The van der Waals surface area contributed by atoms with Crippen molar-refractivity contribution in [2.45, 2.75) is 90.5 Å². The summed E-state index contributed by atoms with van der Waals surface area (Å²) in [5.74, 6) is 1.20. The van der Waals surface area contributed by atoms with Crippen molar-refractivity contribution in [3.05, 3.63) is 11.8 Å². The third kappa shape index (κ3) is 7.94. The Morgan fingerprint density at radius 2 is 1.65 bits per heavy atom. The van der Waals surface area contributed by atoms with Gasteiger partial charge in [0.25, 0.3) is 0 Å². The monoisotopic (exact) mass is 281 g/mol. The lowest BCUT2D eigenvalue weighted by Gasteiger charge is -2.18. The minimum Gasteiger partial charge on any atom is -0.496 e. The molecule has 1 heterocycles. The average molecular weight is 281 g/mol. The lowest BCUT2D eigenvalue weighted by molar-refractivity contribution is 0.211. The summed E-state index contributed by atoms with van der Waals surface area (Å²) in [6, 6.07) is 0.465. The molecular formula is C18H35NO. The van der Waals surface area contributed by atoms with Crippen LogP contribution in [0.2, 0.25) is 0 Å². The zero-order valence-electron chi connectivity index (χ0n) is 13.8. The Labute approximate surface area is 126 Å². The van der Waals surface area contributed by atoms with E-state index in [1.165, 1.54) is 70.0 Å². The predicted molar refractivity (Wildman–Crippen MR) is 88.0 cm³/mol. The zero-order valence-corrected chi connectivity index (χ0v) is 13.8. The molecule has 0 aromatic rings. The molecule has 1 aliphatic rings. The Bertz CT molecular complexity index is 250. The van der Waals surface area contributed by atoms with Crippen LogP contribution in [-0.4, -0.2) is 19.2 Å². The topological polar surface area (TPSA) is 21.3 Å². The van der Waals surface area contributed by atoms with Crippen LogP contribution in [0.25, 0.3) is 0 Å². The Kier molecular flexibility index (Phi) is 10.8. The van der Waals surface area contributed by atoms with E-state index in [0.717, 1.165) is 19.6 Å². The van der Waals surface area contributed by atoms with Crippen molar-refractivity contribution in [3.8, 4) is 0 Å². The van der Waals surface area contributed by atoms with Gasteiger partial charge in [-0.1, -0.05) is 71.6 Å². The van der Waals surface area contributed by atoms with Crippen LogP contribution in [0.3, 0.4) is 0 Å². The van der Waals surface area contributed by atoms with E-state index in [-0.39, 0.29) is 0 Å². The van der Waals surface area contributed by atoms with E-state index in [2.05, 4.69) is 25.2 Å². The predicted octanol–water partition coefficient (Wildman–Crippen LogP) is 5.19. The van der Waals surface area contributed by atoms with Gasteiger partial charge in [-0.25, -0.2) is 0 Å².